The lowest BCUT2D eigenvalue weighted by Crippen LogP contribution is -2.78. The molecule has 0 aromatic rings. The van der Waals surface area contributed by atoms with E-state index in [1.54, 1.807) is 0 Å². The fourth-order valence-electron chi connectivity index (χ4n) is 7.55. The molecule has 4 fully saturated rings. The number of hydrogen-bond donors (Lipinski definition) is 0. The van der Waals surface area contributed by atoms with Crippen molar-refractivity contribution < 1.29 is 26.6 Å². The highest BCUT2D eigenvalue weighted by molar-refractivity contribution is 6.96. The molecule has 42 heavy (non-hydrogen) atoms. The zero-order valence-corrected chi connectivity index (χ0v) is 31.9. The molecule has 246 valence electrons. The smallest absolute Gasteiger partial charge is 0.350 e. The summed E-state index contributed by atoms with van der Waals surface area (Å²) in [6, 6.07) is 0. The third-order valence-electron chi connectivity index (χ3n) is 9.84. The van der Waals surface area contributed by atoms with E-state index >= 15 is 0 Å². The van der Waals surface area contributed by atoms with E-state index in [-0.39, 0.29) is 16.8 Å². The third kappa shape index (κ3) is 9.47. The van der Waals surface area contributed by atoms with Crippen LogP contribution in [0.5, 0.6) is 0 Å². The molecule has 1 heterocycles. The van der Waals surface area contributed by atoms with Crippen molar-refractivity contribution in [3.63, 3.8) is 0 Å². The Kier molecular flexibility index (Phi) is 11.8. The standard InChI is InChI=1S/C33H66O6Si3/c1-31(2,3)34-25-40(28-19-13-10-14-20-28)37-41(26-35-32(4,5)6,29-21-15-11-16-22-29)39-42(38-40,27-36-33(7,8)9)30-23-17-12-18-24-30/h28-30H,10-27H2,1-9H3. The van der Waals surface area contributed by atoms with Gasteiger partial charge in [-0.25, -0.2) is 0 Å². The predicted octanol–water partition coefficient (Wildman–Crippen LogP) is 9.44. The maximum absolute atomic E-state index is 7.87. The van der Waals surface area contributed by atoms with Crippen molar-refractivity contribution in [1.29, 1.82) is 0 Å². The fourth-order valence-corrected chi connectivity index (χ4v) is 28.1. The lowest BCUT2D eigenvalue weighted by atomic mass is 10.0. The summed E-state index contributed by atoms with van der Waals surface area (Å²) in [6.45, 7) is 19.6. The van der Waals surface area contributed by atoms with Crippen molar-refractivity contribution in [1.82, 2.24) is 0 Å². The summed E-state index contributed by atoms with van der Waals surface area (Å²) in [6.07, 6.45) is 20.4. The molecule has 3 aliphatic carbocycles. The van der Waals surface area contributed by atoms with Crippen LogP contribution in [-0.4, -0.2) is 61.2 Å². The lowest BCUT2D eigenvalue weighted by Gasteiger charge is -2.60. The zero-order valence-electron chi connectivity index (χ0n) is 28.9. The Hall–Kier alpha value is 0.411. The van der Waals surface area contributed by atoms with E-state index in [0.29, 0.717) is 35.3 Å². The Balaban J connectivity index is 1.89. The molecule has 1 saturated heterocycles. The van der Waals surface area contributed by atoms with E-state index in [1.807, 2.05) is 0 Å². The second-order valence-corrected chi connectivity index (χ2v) is 27.6. The first kappa shape index (κ1) is 35.3. The summed E-state index contributed by atoms with van der Waals surface area (Å²) >= 11 is 0. The summed E-state index contributed by atoms with van der Waals surface area (Å²) in [5.41, 5.74) is 0.544. The van der Waals surface area contributed by atoms with E-state index in [2.05, 4.69) is 62.3 Å². The highest BCUT2D eigenvalue weighted by Crippen LogP contribution is 2.54. The van der Waals surface area contributed by atoms with Crippen LogP contribution >= 0.6 is 0 Å². The lowest BCUT2D eigenvalue weighted by molar-refractivity contribution is -0.0208. The average Bonchev–Trinajstić information content (AvgIpc) is 2.94. The zero-order chi connectivity index (χ0) is 30.7. The van der Waals surface area contributed by atoms with Crippen LogP contribution in [0.3, 0.4) is 0 Å². The van der Waals surface area contributed by atoms with Gasteiger partial charge in [0, 0.05) is 16.6 Å². The van der Waals surface area contributed by atoms with E-state index in [0.717, 1.165) is 0 Å². The number of hydrogen-bond acceptors (Lipinski definition) is 6. The predicted molar refractivity (Wildman–Crippen MR) is 178 cm³/mol. The minimum Gasteiger partial charge on any atom is -0.412 e. The van der Waals surface area contributed by atoms with Crippen LogP contribution in [0.2, 0.25) is 16.6 Å². The number of rotatable bonds is 9. The SMILES string of the molecule is CC(C)(C)OC[Si]1(C2CCCCC2)O[Si](COC(C)(C)C)(C2CCCCC2)O[Si](COC(C)(C)C)(C2CCCCC2)O1. The monoisotopic (exact) mass is 642 g/mol. The van der Waals surface area contributed by atoms with Gasteiger partial charge in [-0.1, -0.05) is 57.8 Å². The Morgan fingerprint density at radius 2 is 0.619 bits per heavy atom. The molecule has 0 amide bonds. The Bertz CT molecular complexity index is 715. The van der Waals surface area contributed by atoms with Crippen molar-refractivity contribution in [2.75, 3.05) is 18.7 Å². The quantitative estimate of drug-likeness (QED) is 0.234. The molecule has 0 radical (unpaired) electrons. The molecule has 0 N–H and O–H groups in total. The van der Waals surface area contributed by atoms with Crippen LogP contribution in [0.1, 0.15) is 159 Å². The maximum atomic E-state index is 7.87. The van der Waals surface area contributed by atoms with Crippen LogP contribution in [0.25, 0.3) is 0 Å². The van der Waals surface area contributed by atoms with Gasteiger partial charge in [-0.2, -0.15) is 0 Å². The molecule has 3 saturated carbocycles. The number of ether oxygens (including phenoxy) is 3. The molecule has 9 heteroatoms. The van der Waals surface area contributed by atoms with E-state index in [9.17, 15) is 0 Å². The summed E-state index contributed by atoms with van der Waals surface area (Å²) in [5, 5.41) is 0. The molecule has 0 unspecified atom stereocenters. The van der Waals surface area contributed by atoms with Crippen LogP contribution < -0.4 is 0 Å². The van der Waals surface area contributed by atoms with Crippen molar-refractivity contribution in [2.24, 2.45) is 0 Å². The van der Waals surface area contributed by atoms with Gasteiger partial charge in [0.15, 0.2) is 0 Å². The first-order chi connectivity index (χ1) is 19.6. The second kappa shape index (κ2) is 14.0. The molecule has 1 aliphatic heterocycles. The van der Waals surface area contributed by atoms with Crippen LogP contribution in [0.15, 0.2) is 0 Å². The minimum atomic E-state index is -2.91. The maximum Gasteiger partial charge on any atom is 0.350 e. The summed E-state index contributed by atoms with van der Waals surface area (Å²) in [7, 11) is -8.72. The fraction of sp³-hybridized carbons (Fsp3) is 1.00. The summed E-state index contributed by atoms with van der Waals surface area (Å²) < 4.78 is 44.0. The summed E-state index contributed by atoms with van der Waals surface area (Å²) in [4.78, 5) is 0. The largest absolute Gasteiger partial charge is 0.412 e. The summed E-state index contributed by atoms with van der Waals surface area (Å²) in [5.74, 6) is 0. The van der Waals surface area contributed by atoms with Crippen LogP contribution in [0.4, 0.5) is 0 Å². The normalized spacial score (nSPS) is 33.6. The van der Waals surface area contributed by atoms with Crippen LogP contribution in [0, 0.1) is 0 Å². The van der Waals surface area contributed by atoms with E-state index in [4.69, 9.17) is 26.6 Å². The van der Waals surface area contributed by atoms with Gasteiger partial charge in [-0.05, 0) is 101 Å². The average molecular weight is 643 g/mol. The molecule has 6 nitrogen and oxygen atoms in total. The minimum absolute atomic E-state index is 0.256. The highest BCUT2D eigenvalue weighted by atomic mass is 28.5. The van der Waals surface area contributed by atoms with Crippen molar-refractivity contribution >= 4 is 25.7 Å². The molecule has 4 rings (SSSR count). The first-order valence-electron chi connectivity index (χ1n) is 17.6. The third-order valence-corrected chi connectivity index (χ3v) is 25.2. The van der Waals surface area contributed by atoms with Crippen molar-refractivity contribution in [2.45, 2.75) is 192 Å². The Labute approximate surface area is 262 Å². The molecule has 0 bridgehead atoms. The van der Waals surface area contributed by atoms with Gasteiger partial charge < -0.3 is 26.6 Å². The van der Waals surface area contributed by atoms with Gasteiger partial charge in [0.2, 0.25) is 0 Å². The first-order valence-corrected chi connectivity index (χ1v) is 23.9. The molecule has 0 aromatic heterocycles. The molecule has 4 aliphatic rings. The molecular formula is C33H66O6Si3. The van der Waals surface area contributed by atoms with Crippen molar-refractivity contribution in [3.8, 4) is 0 Å². The Morgan fingerprint density at radius 1 is 0.405 bits per heavy atom. The Morgan fingerprint density at radius 3 is 0.810 bits per heavy atom. The van der Waals surface area contributed by atoms with Gasteiger partial charge >= 0.3 is 25.7 Å². The molecule has 0 spiro atoms. The van der Waals surface area contributed by atoms with Gasteiger partial charge in [0.1, 0.15) is 0 Å². The molecular weight excluding hydrogens is 577 g/mol. The topological polar surface area (TPSA) is 55.4 Å². The second-order valence-electron chi connectivity index (χ2n) is 16.9. The van der Waals surface area contributed by atoms with Gasteiger partial charge in [0.25, 0.3) is 0 Å². The van der Waals surface area contributed by atoms with Crippen molar-refractivity contribution in [3.05, 3.63) is 0 Å². The van der Waals surface area contributed by atoms with E-state index < -0.39 is 25.7 Å². The van der Waals surface area contributed by atoms with Crippen LogP contribution in [-0.2, 0) is 26.6 Å². The van der Waals surface area contributed by atoms with Gasteiger partial charge in [-0.15, -0.1) is 0 Å². The van der Waals surface area contributed by atoms with Gasteiger partial charge in [0.05, 0.1) is 35.5 Å². The molecule has 0 atom stereocenters. The molecule has 0 aromatic carbocycles. The highest BCUT2D eigenvalue weighted by Gasteiger charge is 2.69. The van der Waals surface area contributed by atoms with E-state index in [1.165, 1.54) is 96.3 Å². The van der Waals surface area contributed by atoms with Gasteiger partial charge in [-0.3, -0.25) is 0 Å².